The highest BCUT2D eigenvalue weighted by molar-refractivity contribution is 7.26. The number of thiophene rings is 1. The Bertz CT molecular complexity index is 3070. The third-order valence-corrected chi connectivity index (χ3v) is 11.0. The van der Waals surface area contributed by atoms with Gasteiger partial charge in [-0.15, -0.1) is 11.3 Å². The first kappa shape index (κ1) is 26.7. The van der Waals surface area contributed by atoms with Crippen LogP contribution in [0, 0.1) is 0 Å². The van der Waals surface area contributed by atoms with E-state index in [-0.39, 0.29) is 0 Å². The highest BCUT2D eigenvalue weighted by Crippen LogP contribution is 2.43. The Morgan fingerprint density at radius 2 is 1.20 bits per heavy atom. The third-order valence-electron chi connectivity index (χ3n) is 9.81. The summed E-state index contributed by atoms with van der Waals surface area (Å²) in [5.74, 6) is 1.57. The van der Waals surface area contributed by atoms with E-state index >= 15 is 0 Å². The van der Waals surface area contributed by atoms with Gasteiger partial charge in [0.05, 0.1) is 21.3 Å². The molecule has 228 valence electrons. The molecule has 0 N–H and O–H groups in total. The molecule has 0 saturated heterocycles. The molecular formula is C44H25N3OS. The van der Waals surface area contributed by atoms with E-state index in [1.165, 1.54) is 26.2 Å². The van der Waals surface area contributed by atoms with Crippen LogP contribution in [-0.4, -0.2) is 14.5 Å². The van der Waals surface area contributed by atoms with E-state index in [4.69, 9.17) is 14.4 Å². The molecule has 0 unspecified atom stereocenters. The topological polar surface area (TPSA) is 43.9 Å². The van der Waals surface area contributed by atoms with Crippen LogP contribution in [0.1, 0.15) is 0 Å². The minimum absolute atomic E-state index is 0.680. The summed E-state index contributed by atoms with van der Waals surface area (Å²) < 4.78 is 11.1. The number of hydrogen-bond acceptors (Lipinski definition) is 4. The summed E-state index contributed by atoms with van der Waals surface area (Å²) in [7, 11) is 0. The predicted octanol–water partition coefficient (Wildman–Crippen LogP) is 12.3. The van der Waals surface area contributed by atoms with Gasteiger partial charge >= 0.3 is 0 Å². The fourth-order valence-corrected chi connectivity index (χ4v) is 8.68. The maximum Gasteiger partial charge on any atom is 0.163 e. The highest BCUT2D eigenvalue weighted by Gasteiger charge is 2.22. The molecule has 0 aliphatic rings. The Morgan fingerprint density at radius 1 is 0.510 bits per heavy atom. The van der Waals surface area contributed by atoms with Crippen LogP contribution in [0.2, 0.25) is 0 Å². The van der Waals surface area contributed by atoms with E-state index in [0.717, 1.165) is 71.1 Å². The van der Waals surface area contributed by atoms with Crippen molar-refractivity contribution in [1.29, 1.82) is 0 Å². The second-order valence-corrected chi connectivity index (χ2v) is 13.6. The maximum atomic E-state index is 6.57. The molecule has 4 nitrogen and oxygen atoms in total. The van der Waals surface area contributed by atoms with Crippen LogP contribution >= 0.6 is 11.3 Å². The van der Waals surface area contributed by atoms with E-state index < -0.39 is 0 Å². The predicted molar refractivity (Wildman–Crippen MR) is 205 cm³/mol. The molecule has 0 spiro atoms. The molecule has 5 heteroatoms. The number of benzene rings is 7. The average Bonchev–Trinajstić information content (AvgIpc) is 3.83. The highest BCUT2D eigenvalue weighted by atomic mass is 32.1. The van der Waals surface area contributed by atoms with Crippen molar-refractivity contribution >= 4 is 86.2 Å². The van der Waals surface area contributed by atoms with Gasteiger partial charge in [-0.25, -0.2) is 9.97 Å². The summed E-state index contributed by atoms with van der Waals surface area (Å²) in [6.45, 7) is 0. The van der Waals surface area contributed by atoms with Gasteiger partial charge in [0.15, 0.2) is 11.6 Å². The summed E-state index contributed by atoms with van der Waals surface area (Å²) in [6, 6.07) is 53.5. The third kappa shape index (κ3) is 3.91. The first-order valence-corrected chi connectivity index (χ1v) is 17.2. The lowest BCUT2D eigenvalue weighted by Crippen LogP contribution is -2.01. The van der Waals surface area contributed by atoms with E-state index in [0.29, 0.717) is 5.82 Å². The van der Waals surface area contributed by atoms with E-state index in [9.17, 15) is 0 Å². The quantitative estimate of drug-likeness (QED) is 0.192. The Morgan fingerprint density at radius 3 is 2.04 bits per heavy atom. The van der Waals surface area contributed by atoms with Crippen molar-refractivity contribution in [3.63, 3.8) is 0 Å². The summed E-state index contributed by atoms with van der Waals surface area (Å²) in [4.78, 5) is 10.8. The Kier molecular flexibility index (Phi) is 5.51. The summed E-state index contributed by atoms with van der Waals surface area (Å²) in [5, 5.41) is 8.07. The smallest absolute Gasteiger partial charge is 0.163 e. The average molecular weight is 644 g/mol. The first-order chi connectivity index (χ1) is 24.3. The molecule has 0 fully saturated rings. The van der Waals surface area contributed by atoms with Gasteiger partial charge in [-0.3, -0.25) is 4.57 Å². The van der Waals surface area contributed by atoms with Gasteiger partial charge in [-0.05, 0) is 64.4 Å². The van der Waals surface area contributed by atoms with E-state index in [1.54, 1.807) is 11.3 Å². The molecule has 49 heavy (non-hydrogen) atoms. The van der Waals surface area contributed by atoms with Crippen LogP contribution in [0.3, 0.4) is 0 Å². The number of aromatic nitrogens is 3. The first-order valence-electron chi connectivity index (χ1n) is 16.4. The Hall–Kier alpha value is -6.30. The van der Waals surface area contributed by atoms with Crippen LogP contribution in [0.15, 0.2) is 156 Å². The number of rotatable bonds is 3. The number of hydrogen-bond donors (Lipinski definition) is 0. The molecule has 0 saturated carbocycles. The van der Waals surface area contributed by atoms with Gasteiger partial charge in [-0.2, -0.15) is 0 Å². The molecule has 4 heterocycles. The largest absolute Gasteiger partial charge is 0.456 e. The minimum Gasteiger partial charge on any atom is -0.456 e. The van der Waals surface area contributed by atoms with Gasteiger partial charge < -0.3 is 4.42 Å². The van der Waals surface area contributed by atoms with Crippen molar-refractivity contribution in [2.24, 2.45) is 0 Å². The van der Waals surface area contributed by atoms with Crippen LogP contribution in [0.25, 0.3) is 103 Å². The van der Waals surface area contributed by atoms with Crippen molar-refractivity contribution in [2.75, 3.05) is 0 Å². The molecule has 0 aliphatic carbocycles. The Balaban J connectivity index is 1.18. The van der Waals surface area contributed by atoms with E-state index in [1.807, 2.05) is 12.1 Å². The number of furan rings is 1. The number of fused-ring (bicyclic) bond motifs is 10. The van der Waals surface area contributed by atoms with Crippen molar-refractivity contribution in [2.45, 2.75) is 0 Å². The molecule has 0 atom stereocenters. The van der Waals surface area contributed by atoms with E-state index in [2.05, 4.69) is 144 Å². The molecule has 11 aromatic rings. The fourth-order valence-electron chi connectivity index (χ4n) is 7.56. The van der Waals surface area contributed by atoms with Crippen LogP contribution in [-0.2, 0) is 0 Å². The lowest BCUT2D eigenvalue weighted by atomic mass is 9.99. The van der Waals surface area contributed by atoms with Gasteiger partial charge in [0.2, 0.25) is 0 Å². The zero-order valence-corrected chi connectivity index (χ0v) is 26.9. The minimum atomic E-state index is 0.680. The molecule has 0 bridgehead atoms. The molecule has 7 aromatic carbocycles. The van der Waals surface area contributed by atoms with Crippen LogP contribution < -0.4 is 0 Å². The summed E-state index contributed by atoms with van der Waals surface area (Å²) in [6.07, 6.45) is 0. The molecule has 0 aliphatic heterocycles. The van der Waals surface area contributed by atoms with Crippen molar-refractivity contribution in [1.82, 2.24) is 14.5 Å². The monoisotopic (exact) mass is 643 g/mol. The number of para-hydroxylation sites is 2. The maximum absolute atomic E-state index is 6.57. The standard InChI is InChI=1S/C44H25N3OS/c1-2-11-27-24-28(21-20-26(27)10-1)29-22-23-32-38(25-29)48-37-18-9-15-34(40(32)37)43-45-41-33-14-5-8-19-39(33)49-42(41)44(46-43)47-35-16-6-3-12-30(35)31-13-4-7-17-36(31)47/h1-25H. The molecule has 0 amide bonds. The zero-order valence-electron chi connectivity index (χ0n) is 26.1. The van der Waals surface area contributed by atoms with Crippen LogP contribution in [0.4, 0.5) is 0 Å². The Labute approximate surface area is 284 Å². The second-order valence-electron chi connectivity index (χ2n) is 12.6. The molecule has 11 rings (SSSR count). The normalized spacial score (nSPS) is 12.1. The van der Waals surface area contributed by atoms with Crippen LogP contribution in [0.5, 0.6) is 0 Å². The van der Waals surface area contributed by atoms with Gasteiger partial charge in [0, 0.05) is 37.2 Å². The summed E-state index contributed by atoms with van der Waals surface area (Å²) >= 11 is 1.75. The lowest BCUT2D eigenvalue weighted by molar-refractivity contribution is 0.669. The van der Waals surface area contributed by atoms with Gasteiger partial charge in [0.25, 0.3) is 0 Å². The molecule has 4 aromatic heterocycles. The molecule has 0 radical (unpaired) electrons. The molecular weight excluding hydrogens is 619 g/mol. The SMILES string of the molecule is c1ccc2cc(-c3ccc4c(c3)oc3cccc(-c5nc(-n6c7ccccc7c7ccccc76)c6sc7ccccc7c6n5)c34)ccc2c1. The van der Waals surface area contributed by atoms with Gasteiger partial charge in [-0.1, -0.05) is 109 Å². The van der Waals surface area contributed by atoms with Crippen molar-refractivity contribution in [3.05, 3.63) is 152 Å². The lowest BCUT2D eigenvalue weighted by Gasteiger charge is -2.11. The second kappa shape index (κ2) is 10.1. The van der Waals surface area contributed by atoms with Crippen molar-refractivity contribution in [3.8, 4) is 28.3 Å². The van der Waals surface area contributed by atoms with Crippen molar-refractivity contribution < 1.29 is 4.42 Å². The zero-order chi connectivity index (χ0) is 32.1. The summed E-state index contributed by atoms with van der Waals surface area (Å²) in [5.41, 5.74) is 8.11. The fraction of sp³-hybridized carbons (Fsp3) is 0. The van der Waals surface area contributed by atoms with Gasteiger partial charge in [0.1, 0.15) is 11.2 Å². The number of nitrogens with zero attached hydrogens (tertiary/aromatic N) is 3.